The number of carbonyl (C=O) groups excluding carboxylic acids is 5. The fraction of sp³-hybridized carbons (Fsp3) is 0.660. The number of hydrogen-bond donors (Lipinski definition) is 1. The van der Waals surface area contributed by atoms with Crippen molar-refractivity contribution in [3.8, 4) is 0 Å². The van der Waals surface area contributed by atoms with Crippen molar-refractivity contribution in [1.29, 1.82) is 0 Å². The molecule has 1 aliphatic rings. The lowest BCUT2D eigenvalue weighted by Crippen LogP contribution is -2.54. The van der Waals surface area contributed by atoms with Crippen molar-refractivity contribution in [2.45, 2.75) is 144 Å². The molecule has 12 nitrogen and oxygen atoms in total. The molecule has 0 aliphatic carbocycles. The SMILES string of the molecule is CC[C@H](C)C([C@@H](CC(=O)N1CCC[C@H]1[C@H](OC)[C@@H](C)C(=O)C[C@H](C)[C@@H](O)c1ccccc1)OC)N(C)C(=O)[C@@H](CC(=O)[C@H](C(C)C)N(C)C(=O)OCc1ccc(C)cc1)C(C)C. The molecule has 2 aromatic carbocycles. The second-order valence-electron chi connectivity index (χ2n) is 18.5. The van der Waals surface area contributed by atoms with Crippen LogP contribution in [0.4, 0.5) is 4.79 Å². The Balaban J connectivity index is 1.75. The van der Waals surface area contributed by atoms with E-state index in [9.17, 15) is 29.1 Å². The van der Waals surface area contributed by atoms with E-state index in [1.165, 1.54) is 4.90 Å². The van der Waals surface area contributed by atoms with Gasteiger partial charge in [0.15, 0.2) is 5.78 Å². The number of hydrogen-bond acceptors (Lipinski definition) is 9. The minimum atomic E-state index is -0.804. The molecule has 0 aromatic heterocycles. The van der Waals surface area contributed by atoms with Crippen LogP contribution in [0.5, 0.6) is 0 Å². The minimum Gasteiger partial charge on any atom is -0.445 e. The highest BCUT2D eigenvalue weighted by Crippen LogP contribution is 2.33. The van der Waals surface area contributed by atoms with E-state index in [0.717, 1.165) is 23.1 Å². The molecule has 0 spiro atoms. The van der Waals surface area contributed by atoms with Crippen LogP contribution in [-0.2, 0) is 40.0 Å². The van der Waals surface area contributed by atoms with E-state index in [1.807, 2.05) is 122 Å². The van der Waals surface area contributed by atoms with Crippen LogP contribution < -0.4 is 0 Å². The molecule has 1 heterocycles. The number of ether oxygens (including phenoxy) is 3. The highest BCUT2D eigenvalue weighted by atomic mass is 16.6. The molecule has 1 saturated heterocycles. The van der Waals surface area contributed by atoms with E-state index < -0.39 is 48.3 Å². The van der Waals surface area contributed by atoms with Crippen molar-refractivity contribution < 1.29 is 43.3 Å². The number of ketones is 2. The number of benzene rings is 2. The van der Waals surface area contributed by atoms with Crippen LogP contribution >= 0.6 is 0 Å². The first kappa shape index (κ1) is 52.2. The molecule has 1 unspecified atom stereocenters. The van der Waals surface area contributed by atoms with Gasteiger partial charge in [0.25, 0.3) is 0 Å². The van der Waals surface area contributed by atoms with E-state index in [4.69, 9.17) is 14.2 Å². The minimum absolute atomic E-state index is 0.00881. The third-order valence-corrected chi connectivity index (χ3v) is 13.2. The molecule has 2 aromatic rings. The third kappa shape index (κ3) is 13.7. The molecule has 346 valence electrons. The van der Waals surface area contributed by atoms with Crippen molar-refractivity contribution >= 4 is 29.5 Å². The molecule has 62 heavy (non-hydrogen) atoms. The summed E-state index contributed by atoms with van der Waals surface area (Å²) in [6.45, 7) is 17.9. The Morgan fingerprint density at radius 1 is 0.790 bits per heavy atom. The number of aliphatic hydroxyl groups is 1. The maximum atomic E-state index is 14.6. The van der Waals surface area contributed by atoms with Crippen LogP contribution in [0.25, 0.3) is 0 Å². The molecule has 3 amide bonds. The fourth-order valence-electron chi connectivity index (χ4n) is 9.22. The summed E-state index contributed by atoms with van der Waals surface area (Å²) in [6.07, 6.45) is -0.352. The lowest BCUT2D eigenvalue weighted by molar-refractivity contribution is -0.149. The van der Waals surface area contributed by atoms with Crippen LogP contribution in [0.15, 0.2) is 54.6 Å². The molecular weight excluding hydrogens is 787 g/mol. The van der Waals surface area contributed by atoms with Gasteiger partial charge in [0.2, 0.25) is 11.8 Å². The molecule has 1 N–H and O–H groups in total. The Labute approximate surface area is 372 Å². The lowest BCUT2D eigenvalue weighted by Gasteiger charge is -2.41. The maximum Gasteiger partial charge on any atom is 0.410 e. The number of methoxy groups -OCH3 is 2. The number of aliphatic hydroxyl groups excluding tert-OH is 1. The monoisotopic (exact) mass is 864 g/mol. The molecule has 3 rings (SSSR count). The first-order chi connectivity index (χ1) is 29.3. The number of aryl methyl sites for hydroxylation is 1. The van der Waals surface area contributed by atoms with Gasteiger partial charge in [0, 0.05) is 59.5 Å². The van der Waals surface area contributed by atoms with E-state index in [2.05, 4.69) is 0 Å². The zero-order valence-corrected chi connectivity index (χ0v) is 39.8. The summed E-state index contributed by atoms with van der Waals surface area (Å²) in [5.41, 5.74) is 2.70. The first-order valence-electron chi connectivity index (χ1n) is 22.6. The number of likely N-dealkylation sites (N-methyl/N-ethyl adjacent to an activating group) is 2. The van der Waals surface area contributed by atoms with Crippen molar-refractivity contribution in [2.75, 3.05) is 34.9 Å². The van der Waals surface area contributed by atoms with Crippen LogP contribution in [0.2, 0.25) is 0 Å². The van der Waals surface area contributed by atoms with Crippen molar-refractivity contribution in [1.82, 2.24) is 14.7 Å². The third-order valence-electron chi connectivity index (χ3n) is 13.2. The number of carbonyl (C=O) groups is 5. The van der Waals surface area contributed by atoms with Gasteiger partial charge < -0.3 is 34.0 Å². The van der Waals surface area contributed by atoms with Crippen LogP contribution in [0.1, 0.15) is 117 Å². The largest absolute Gasteiger partial charge is 0.445 e. The summed E-state index contributed by atoms with van der Waals surface area (Å²) in [6, 6.07) is 15.4. The summed E-state index contributed by atoms with van der Waals surface area (Å²) < 4.78 is 17.7. The molecule has 12 heteroatoms. The van der Waals surface area contributed by atoms with Gasteiger partial charge in [0.05, 0.1) is 42.9 Å². The highest BCUT2D eigenvalue weighted by molar-refractivity contribution is 5.92. The predicted molar refractivity (Wildman–Crippen MR) is 242 cm³/mol. The van der Waals surface area contributed by atoms with E-state index in [1.54, 1.807) is 33.2 Å². The van der Waals surface area contributed by atoms with Gasteiger partial charge in [-0.05, 0) is 54.6 Å². The Morgan fingerprint density at radius 2 is 1.42 bits per heavy atom. The smallest absolute Gasteiger partial charge is 0.410 e. The second kappa shape index (κ2) is 24.6. The van der Waals surface area contributed by atoms with Gasteiger partial charge >= 0.3 is 6.09 Å². The van der Waals surface area contributed by atoms with Crippen LogP contribution in [0.3, 0.4) is 0 Å². The van der Waals surface area contributed by atoms with Crippen LogP contribution in [0, 0.1) is 42.4 Å². The number of amides is 3. The standard InChI is InChI=1S/C50H77N3O9/c1-14-34(7)46(51(10)49(58)39(31(2)3)28-42(55)45(32(4)5)52(11)50(59)62-30-37-24-22-33(6)23-25-37)43(60-12)29-44(56)53-26-18-21-40(53)48(61-13)36(9)41(54)27-35(8)47(57)38-19-16-15-17-20-38/h15-17,19-20,22-25,31-32,34-36,39-40,43,45-48,57H,14,18,21,26-30H2,1-13H3/t34-,35-,36-,39-,40-,43+,45-,46?,47+,48+/m0/s1. The van der Waals surface area contributed by atoms with Gasteiger partial charge in [-0.15, -0.1) is 0 Å². The van der Waals surface area contributed by atoms with Crippen molar-refractivity contribution in [3.05, 3.63) is 71.3 Å². The first-order valence-corrected chi connectivity index (χ1v) is 22.6. The quantitative estimate of drug-likeness (QED) is 0.111. The molecule has 1 aliphatic heterocycles. The lowest BCUT2D eigenvalue weighted by atomic mass is 9.83. The highest BCUT2D eigenvalue weighted by Gasteiger charge is 2.43. The summed E-state index contributed by atoms with van der Waals surface area (Å²) in [5.74, 6) is -2.64. The summed E-state index contributed by atoms with van der Waals surface area (Å²) in [5, 5.41) is 10.9. The zero-order chi connectivity index (χ0) is 46.4. The number of likely N-dealkylation sites (tertiary alicyclic amines) is 1. The van der Waals surface area contributed by atoms with Gasteiger partial charge in [0.1, 0.15) is 12.4 Å². The average Bonchev–Trinajstić information content (AvgIpc) is 3.74. The Morgan fingerprint density at radius 3 is 1.97 bits per heavy atom. The normalized spacial score (nSPS) is 18.6. The van der Waals surface area contributed by atoms with Crippen molar-refractivity contribution in [2.24, 2.45) is 35.5 Å². The summed E-state index contributed by atoms with van der Waals surface area (Å²) in [7, 11) is 6.42. The molecular formula is C50H77N3O9. The molecule has 0 radical (unpaired) electrons. The van der Waals surface area contributed by atoms with E-state index in [-0.39, 0.29) is 79.0 Å². The average molecular weight is 864 g/mol. The van der Waals surface area contributed by atoms with Gasteiger partial charge in [-0.1, -0.05) is 122 Å². The van der Waals surface area contributed by atoms with Crippen LogP contribution in [-0.4, -0.2) is 114 Å². The van der Waals surface area contributed by atoms with Gasteiger partial charge in [-0.3, -0.25) is 19.2 Å². The Hall–Kier alpha value is -4.13. The summed E-state index contributed by atoms with van der Waals surface area (Å²) in [4.78, 5) is 74.8. The van der Waals surface area contributed by atoms with Gasteiger partial charge in [-0.25, -0.2) is 4.79 Å². The Bertz CT molecular complexity index is 1730. The second-order valence-corrected chi connectivity index (χ2v) is 18.5. The zero-order valence-electron chi connectivity index (χ0n) is 39.8. The number of nitrogens with zero attached hydrogens (tertiary/aromatic N) is 3. The summed E-state index contributed by atoms with van der Waals surface area (Å²) >= 11 is 0. The molecule has 1 fully saturated rings. The number of rotatable bonds is 24. The Kier molecular flexibility index (Phi) is 20.8. The van der Waals surface area contributed by atoms with Crippen molar-refractivity contribution in [3.63, 3.8) is 0 Å². The number of Topliss-reactive ketones (excluding diaryl/α,β-unsaturated/α-hetero) is 2. The maximum absolute atomic E-state index is 14.6. The molecule has 0 bridgehead atoms. The molecule has 0 saturated carbocycles. The van der Waals surface area contributed by atoms with E-state index >= 15 is 0 Å². The predicted octanol–water partition coefficient (Wildman–Crippen LogP) is 8.07. The van der Waals surface area contributed by atoms with Gasteiger partial charge in [-0.2, -0.15) is 0 Å². The topological polar surface area (TPSA) is 143 Å². The van der Waals surface area contributed by atoms with E-state index in [0.29, 0.717) is 19.4 Å². The molecule has 10 atom stereocenters. The fourth-order valence-corrected chi connectivity index (χ4v) is 9.22.